The highest BCUT2D eigenvalue weighted by Crippen LogP contribution is 2.22. The van der Waals surface area contributed by atoms with Crippen molar-refractivity contribution in [3.05, 3.63) is 70.9 Å². The predicted molar refractivity (Wildman–Crippen MR) is 107 cm³/mol. The minimum atomic E-state index is 0.593. The van der Waals surface area contributed by atoms with E-state index in [1.807, 2.05) is 43.3 Å². The summed E-state index contributed by atoms with van der Waals surface area (Å²) in [6, 6.07) is 15.6. The molecule has 2 aromatic carbocycles. The molecule has 0 aliphatic heterocycles. The summed E-state index contributed by atoms with van der Waals surface area (Å²) >= 11 is 6.00. The number of halogens is 1. The number of hydrogen-bond donors (Lipinski definition) is 2. The van der Waals surface area contributed by atoms with Gasteiger partial charge in [0.15, 0.2) is 0 Å². The topological polar surface area (TPSA) is 59.1 Å². The fourth-order valence-electron chi connectivity index (χ4n) is 2.53. The lowest BCUT2D eigenvalue weighted by Crippen LogP contribution is -2.08. The van der Waals surface area contributed by atoms with E-state index in [9.17, 15) is 0 Å². The van der Waals surface area contributed by atoms with E-state index in [1.165, 1.54) is 5.56 Å². The standard InChI is InChI=1S/C20H21ClN4O/c1-14-13-16(21)5-8-18(14)24-19-10-12-23-20(25-19)22-11-9-15-3-6-17(26-2)7-4-15/h3-8,10,12-13H,9,11H2,1-2H3,(H2,22,23,24,25). The number of nitrogens with one attached hydrogen (secondary N) is 2. The van der Waals surface area contributed by atoms with Gasteiger partial charge in [-0.3, -0.25) is 0 Å². The molecule has 0 saturated carbocycles. The van der Waals surface area contributed by atoms with Crippen LogP contribution >= 0.6 is 11.6 Å². The average molecular weight is 369 g/mol. The number of hydrogen-bond acceptors (Lipinski definition) is 5. The first-order valence-corrected chi connectivity index (χ1v) is 8.75. The monoisotopic (exact) mass is 368 g/mol. The largest absolute Gasteiger partial charge is 0.497 e. The Hall–Kier alpha value is -2.79. The Bertz CT molecular complexity index is 868. The molecule has 0 radical (unpaired) electrons. The lowest BCUT2D eigenvalue weighted by atomic mass is 10.1. The van der Waals surface area contributed by atoms with E-state index in [-0.39, 0.29) is 0 Å². The number of methoxy groups -OCH3 is 1. The first-order valence-electron chi connectivity index (χ1n) is 8.37. The molecule has 0 aliphatic rings. The van der Waals surface area contributed by atoms with Crippen LogP contribution in [-0.4, -0.2) is 23.6 Å². The van der Waals surface area contributed by atoms with Crippen LogP contribution in [-0.2, 0) is 6.42 Å². The molecule has 3 rings (SSSR count). The normalized spacial score (nSPS) is 10.4. The maximum atomic E-state index is 6.00. The van der Waals surface area contributed by atoms with E-state index in [4.69, 9.17) is 16.3 Å². The number of anilines is 3. The second kappa shape index (κ2) is 8.54. The Morgan fingerprint density at radius 3 is 2.62 bits per heavy atom. The van der Waals surface area contributed by atoms with Crippen LogP contribution in [0.1, 0.15) is 11.1 Å². The zero-order valence-electron chi connectivity index (χ0n) is 14.8. The van der Waals surface area contributed by atoms with Gasteiger partial charge in [0.2, 0.25) is 5.95 Å². The molecule has 2 N–H and O–H groups in total. The Labute approximate surface area is 158 Å². The number of aromatic nitrogens is 2. The van der Waals surface area contributed by atoms with Gasteiger partial charge in [-0.05, 0) is 60.9 Å². The lowest BCUT2D eigenvalue weighted by Gasteiger charge is -2.11. The van der Waals surface area contributed by atoms with Gasteiger partial charge >= 0.3 is 0 Å². The van der Waals surface area contributed by atoms with Crippen molar-refractivity contribution in [2.75, 3.05) is 24.3 Å². The molecule has 0 saturated heterocycles. The average Bonchev–Trinajstić information content (AvgIpc) is 2.65. The Morgan fingerprint density at radius 1 is 1.08 bits per heavy atom. The molecule has 3 aromatic rings. The van der Waals surface area contributed by atoms with Crippen LogP contribution in [0.4, 0.5) is 17.5 Å². The summed E-state index contributed by atoms with van der Waals surface area (Å²) in [5.41, 5.74) is 3.26. The van der Waals surface area contributed by atoms with Crippen LogP contribution < -0.4 is 15.4 Å². The van der Waals surface area contributed by atoms with Gasteiger partial charge in [0.25, 0.3) is 0 Å². The smallest absolute Gasteiger partial charge is 0.224 e. The van der Waals surface area contributed by atoms with Crippen LogP contribution in [0.3, 0.4) is 0 Å². The second-order valence-corrected chi connectivity index (χ2v) is 6.31. The zero-order chi connectivity index (χ0) is 18.4. The maximum absolute atomic E-state index is 6.00. The highest BCUT2D eigenvalue weighted by molar-refractivity contribution is 6.30. The van der Waals surface area contributed by atoms with Crippen LogP contribution in [0, 0.1) is 6.92 Å². The molecule has 0 spiro atoms. The molecule has 6 heteroatoms. The van der Waals surface area contributed by atoms with E-state index < -0.39 is 0 Å². The van der Waals surface area contributed by atoms with E-state index >= 15 is 0 Å². The first kappa shape index (κ1) is 18.0. The molecule has 0 aliphatic carbocycles. The highest BCUT2D eigenvalue weighted by Gasteiger charge is 2.03. The summed E-state index contributed by atoms with van der Waals surface area (Å²) in [5, 5.41) is 7.27. The third-order valence-electron chi connectivity index (χ3n) is 3.96. The molecule has 0 amide bonds. The van der Waals surface area contributed by atoms with E-state index in [2.05, 4.69) is 32.7 Å². The van der Waals surface area contributed by atoms with E-state index in [1.54, 1.807) is 13.3 Å². The van der Waals surface area contributed by atoms with Crippen LogP contribution in [0.25, 0.3) is 0 Å². The predicted octanol–water partition coefficient (Wildman–Crippen LogP) is 4.85. The summed E-state index contributed by atoms with van der Waals surface area (Å²) in [4.78, 5) is 8.78. The third kappa shape index (κ3) is 4.86. The lowest BCUT2D eigenvalue weighted by molar-refractivity contribution is 0.414. The molecule has 0 unspecified atom stereocenters. The number of ether oxygens (including phenoxy) is 1. The Morgan fingerprint density at radius 2 is 1.88 bits per heavy atom. The van der Waals surface area contributed by atoms with Crippen LogP contribution in [0.2, 0.25) is 5.02 Å². The van der Waals surface area contributed by atoms with Crippen LogP contribution in [0.5, 0.6) is 5.75 Å². The Balaban J connectivity index is 1.58. The SMILES string of the molecule is COc1ccc(CCNc2nccc(Nc3ccc(Cl)cc3C)n2)cc1. The maximum Gasteiger partial charge on any atom is 0.224 e. The number of benzene rings is 2. The number of rotatable bonds is 7. The summed E-state index contributed by atoms with van der Waals surface area (Å²) in [7, 11) is 1.67. The van der Waals surface area contributed by atoms with Crippen LogP contribution in [0.15, 0.2) is 54.7 Å². The van der Waals surface area contributed by atoms with E-state index in [0.717, 1.165) is 40.8 Å². The van der Waals surface area contributed by atoms with Crippen molar-refractivity contribution in [3.8, 4) is 5.75 Å². The van der Waals surface area contributed by atoms with Gasteiger partial charge < -0.3 is 15.4 Å². The molecule has 26 heavy (non-hydrogen) atoms. The van der Waals surface area contributed by atoms with Gasteiger partial charge in [-0.1, -0.05) is 23.7 Å². The van der Waals surface area contributed by atoms with Crippen molar-refractivity contribution in [2.24, 2.45) is 0 Å². The molecule has 1 aromatic heterocycles. The summed E-state index contributed by atoms with van der Waals surface area (Å²) in [5.74, 6) is 2.19. The second-order valence-electron chi connectivity index (χ2n) is 5.87. The molecular weight excluding hydrogens is 348 g/mol. The van der Waals surface area contributed by atoms with Gasteiger partial charge in [-0.25, -0.2) is 4.98 Å². The van der Waals surface area contributed by atoms with Crippen molar-refractivity contribution < 1.29 is 4.74 Å². The van der Waals surface area contributed by atoms with Crippen molar-refractivity contribution in [3.63, 3.8) is 0 Å². The van der Waals surface area contributed by atoms with Gasteiger partial charge in [0.1, 0.15) is 11.6 Å². The summed E-state index contributed by atoms with van der Waals surface area (Å²) < 4.78 is 5.17. The van der Waals surface area contributed by atoms with Crippen molar-refractivity contribution >= 4 is 29.1 Å². The van der Waals surface area contributed by atoms with Gasteiger partial charge in [-0.2, -0.15) is 4.98 Å². The third-order valence-corrected chi connectivity index (χ3v) is 4.20. The fraction of sp³-hybridized carbons (Fsp3) is 0.200. The highest BCUT2D eigenvalue weighted by atomic mass is 35.5. The summed E-state index contributed by atoms with van der Waals surface area (Å²) in [6.45, 7) is 2.75. The van der Waals surface area contributed by atoms with Crippen molar-refractivity contribution in [2.45, 2.75) is 13.3 Å². The minimum Gasteiger partial charge on any atom is -0.497 e. The van der Waals surface area contributed by atoms with Gasteiger partial charge in [-0.15, -0.1) is 0 Å². The van der Waals surface area contributed by atoms with Gasteiger partial charge in [0, 0.05) is 23.5 Å². The van der Waals surface area contributed by atoms with E-state index in [0.29, 0.717) is 5.95 Å². The fourth-order valence-corrected chi connectivity index (χ4v) is 2.76. The van der Waals surface area contributed by atoms with Gasteiger partial charge in [0.05, 0.1) is 7.11 Å². The molecule has 0 atom stereocenters. The molecular formula is C20H21ClN4O. The molecule has 134 valence electrons. The molecule has 5 nitrogen and oxygen atoms in total. The first-order chi connectivity index (χ1) is 12.6. The molecule has 0 bridgehead atoms. The van der Waals surface area contributed by atoms with Crippen molar-refractivity contribution in [1.29, 1.82) is 0 Å². The number of nitrogens with zero attached hydrogens (tertiary/aromatic N) is 2. The zero-order valence-corrected chi connectivity index (χ0v) is 15.5. The molecule has 1 heterocycles. The summed E-state index contributed by atoms with van der Waals surface area (Å²) in [6.07, 6.45) is 2.61. The van der Waals surface area contributed by atoms with Crippen molar-refractivity contribution in [1.82, 2.24) is 9.97 Å². The Kier molecular flexibility index (Phi) is 5.92. The number of aryl methyl sites for hydroxylation is 1. The molecule has 0 fully saturated rings. The minimum absolute atomic E-state index is 0.593. The quantitative estimate of drug-likeness (QED) is 0.624.